The number of hydrogen-bond acceptors (Lipinski definition) is 4. The van der Waals surface area contributed by atoms with E-state index in [4.69, 9.17) is 11.6 Å². The highest BCUT2D eigenvalue weighted by Gasteiger charge is 2.26. The van der Waals surface area contributed by atoms with Crippen LogP contribution in [0.1, 0.15) is 30.1 Å². The molecule has 1 aliphatic heterocycles. The van der Waals surface area contributed by atoms with Crippen LogP contribution >= 0.6 is 11.6 Å². The fraction of sp³-hybridized carbons (Fsp3) is 0.381. The molecule has 152 valence electrons. The molecule has 8 heteroatoms. The van der Waals surface area contributed by atoms with Gasteiger partial charge in [-0.2, -0.15) is 0 Å². The molecule has 0 unspecified atom stereocenters. The molecular weight excluding hydrogens is 393 g/mol. The Balaban J connectivity index is 1.33. The summed E-state index contributed by atoms with van der Waals surface area (Å²) in [6.07, 6.45) is 3.83. The predicted octanol–water partition coefficient (Wildman–Crippen LogP) is 3.36. The van der Waals surface area contributed by atoms with Gasteiger partial charge in [-0.25, -0.2) is 4.39 Å². The molecule has 6 nitrogen and oxygen atoms in total. The molecule has 0 atom stereocenters. The third kappa shape index (κ3) is 4.26. The van der Waals surface area contributed by atoms with Gasteiger partial charge in [-0.05, 0) is 50.2 Å². The Morgan fingerprint density at radius 2 is 2.00 bits per heavy atom. The Morgan fingerprint density at radius 1 is 1.21 bits per heavy atom. The number of aromatic nitrogens is 3. The van der Waals surface area contributed by atoms with E-state index in [1.807, 2.05) is 28.8 Å². The van der Waals surface area contributed by atoms with Crippen LogP contribution < -0.4 is 0 Å². The van der Waals surface area contributed by atoms with Gasteiger partial charge in [0.15, 0.2) is 5.65 Å². The molecule has 29 heavy (non-hydrogen) atoms. The van der Waals surface area contributed by atoms with Crippen molar-refractivity contribution in [2.75, 3.05) is 26.7 Å². The van der Waals surface area contributed by atoms with Crippen molar-refractivity contribution in [3.05, 3.63) is 64.8 Å². The molecule has 0 spiro atoms. The van der Waals surface area contributed by atoms with E-state index in [0.717, 1.165) is 37.4 Å². The van der Waals surface area contributed by atoms with E-state index in [9.17, 15) is 9.18 Å². The lowest BCUT2D eigenvalue weighted by Crippen LogP contribution is -2.42. The predicted molar refractivity (Wildman–Crippen MR) is 109 cm³/mol. The summed E-state index contributed by atoms with van der Waals surface area (Å²) in [6.45, 7) is 2.10. The first-order chi connectivity index (χ1) is 14.0. The van der Waals surface area contributed by atoms with Crippen LogP contribution in [0.2, 0.25) is 5.02 Å². The van der Waals surface area contributed by atoms with Crippen molar-refractivity contribution in [1.29, 1.82) is 0 Å². The maximum atomic E-state index is 14.0. The second-order valence-electron chi connectivity index (χ2n) is 7.49. The second kappa shape index (κ2) is 8.47. The summed E-state index contributed by atoms with van der Waals surface area (Å²) in [5.41, 5.74) is 1.20. The summed E-state index contributed by atoms with van der Waals surface area (Å²) >= 11 is 6.08. The van der Waals surface area contributed by atoms with Crippen molar-refractivity contribution >= 4 is 23.2 Å². The van der Waals surface area contributed by atoms with Gasteiger partial charge in [0.05, 0.1) is 6.54 Å². The SMILES string of the molecule is CN(Cc1c(F)cccc1Cl)C(=O)CN1CCC(c2nnc3ccccn23)CC1. The van der Waals surface area contributed by atoms with Crippen molar-refractivity contribution in [1.82, 2.24) is 24.4 Å². The van der Waals surface area contributed by atoms with Gasteiger partial charge in [-0.15, -0.1) is 10.2 Å². The molecule has 3 heterocycles. The molecule has 1 fully saturated rings. The largest absolute Gasteiger partial charge is 0.340 e. The Kier molecular flexibility index (Phi) is 5.78. The average Bonchev–Trinajstić information content (AvgIpc) is 3.15. The molecule has 1 aromatic carbocycles. The van der Waals surface area contributed by atoms with E-state index in [0.29, 0.717) is 23.0 Å². The smallest absolute Gasteiger partial charge is 0.236 e. The van der Waals surface area contributed by atoms with Gasteiger partial charge in [0, 0.05) is 36.3 Å². The minimum atomic E-state index is -0.390. The summed E-state index contributed by atoms with van der Waals surface area (Å²) < 4.78 is 16.0. The number of nitrogens with zero attached hydrogens (tertiary/aromatic N) is 5. The van der Waals surface area contributed by atoms with Crippen LogP contribution in [0.15, 0.2) is 42.6 Å². The molecule has 4 rings (SSSR count). The third-order valence-electron chi connectivity index (χ3n) is 5.53. The summed E-state index contributed by atoms with van der Waals surface area (Å²) in [4.78, 5) is 16.3. The number of halogens is 2. The Hall–Kier alpha value is -2.51. The summed E-state index contributed by atoms with van der Waals surface area (Å²) in [5.74, 6) is 0.876. The molecule has 2 aromatic heterocycles. The summed E-state index contributed by atoms with van der Waals surface area (Å²) in [6, 6.07) is 10.4. The van der Waals surface area contributed by atoms with Crippen molar-refractivity contribution in [3.8, 4) is 0 Å². The monoisotopic (exact) mass is 415 g/mol. The number of rotatable bonds is 5. The number of fused-ring (bicyclic) bond motifs is 1. The van der Waals surface area contributed by atoms with Crippen molar-refractivity contribution in [3.63, 3.8) is 0 Å². The van der Waals surface area contributed by atoms with Gasteiger partial charge in [0.25, 0.3) is 0 Å². The Bertz CT molecular complexity index is 995. The molecule has 1 aliphatic rings. The average molecular weight is 416 g/mol. The van der Waals surface area contributed by atoms with E-state index in [-0.39, 0.29) is 12.5 Å². The van der Waals surface area contributed by atoms with Crippen LogP contribution in [0.4, 0.5) is 4.39 Å². The number of benzene rings is 1. The van der Waals surface area contributed by atoms with Gasteiger partial charge >= 0.3 is 0 Å². The third-order valence-corrected chi connectivity index (χ3v) is 5.89. The Morgan fingerprint density at radius 3 is 2.76 bits per heavy atom. The number of amides is 1. The van der Waals surface area contributed by atoms with Gasteiger partial charge < -0.3 is 4.90 Å². The van der Waals surface area contributed by atoms with Gasteiger partial charge in [-0.1, -0.05) is 23.7 Å². The van der Waals surface area contributed by atoms with Crippen LogP contribution in [-0.4, -0.2) is 57.0 Å². The van der Waals surface area contributed by atoms with Crippen LogP contribution in [0, 0.1) is 5.82 Å². The van der Waals surface area contributed by atoms with Crippen LogP contribution in [0.5, 0.6) is 0 Å². The lowest BCUT2D eigenvalue weighted by atomic mass is 9.96. The normalized spacial score (nSPS) is 15.7. The van der Waals surface area contributed by atoms with Crippen LogP contribution in [0.3, 0.4) is 0 Å². The second-order valence-corrected chi connectivity index (χ2v) is 7.89. The van der Waals surface area contributed by atoms with E-state index < -0.39 is 5.82 Å². The molecule has 1 amide bonds. The number of carbonyl (C=O) groups excluding carboxylic acids is 1. The zero-order chi connectivity index (χ0) is 20.4. The maximum Gasteiger partial charge on any atom is 0.236 e. The first-order valence-electron chi connectivity index (χ1n) is 9.72. The number of carbonyl (C=O) groups is 1. The number of likely N-dealkylation sites (N-methyl/N-ethyl adjacent to an activating group) is 1. The maximum absolute atomic E-state index is 14.0. The molecule has 0 aliphatic carbocycles. The summed E-state index contributed by atoms with van der Waals surface area (Å²) in [5, 5.41) is 8.94. The Labute approximate surface area is 173 Å². The fourth-order valence-corrected chi connectivity index (χ4v) is 4.03. The number of hydrogen-bond donors (Lipinski definition) is 0. The summed E-state index contributed by atoms with van der Waals surface area (Å²) in [7, 11) is 1.68. The molecule has 0 radical (unpaired) electrons. The van der Waals surface area contributed by atoms with Gasteiger partial charge in [-0.3, -0.25) is 14.1 Å². The van der Waals surface area contributed by atoms with Crippen molar-refractivity contribution < 1.29 is 9.18 Å². The molecule has 0 saturated carbocycles. The molecular formula is C21H23ClFN5O. The highest BCUT2D eigenvalue weighted by molar-refractivity contribution is 6.31. The quantitative estimate of drug-likeness (QED) is 0.641. The standard InChI is InChI=1S/C21H23ClFN5O/c1-26(13-16-17(22)5-4-6-18(16)23)20(29)14-27-11-8-15(9-12-27)21-25-24-19-7-2-3-10-28(19)21/h2-7,10,15H,8-9,11-14H2,1H3. The molecule has 0 N–H and O–H groups in total. The van der Waals surface area contributed by atoms with Gasteiger partial charge in [0.1, 0.15) is 11.6 Å². The minimum Gasteiger partial charge on any atom is -0.340 e. The van der Waals surface area contributed by atoms with E-state index in [1.54, 1.807) is 19.2 Å². The topological polar surface area (TPSA) is 53.7 Å². The van der Waals surface area contributed by atoms with Crippen LogP contribution in [0.25, 0.3) is 5.65 Å². The van der Waals surface area contributed by atoms with E-state index in [1.165, 1.54) is 11.0 Å². The molecule has 1 saturated heterocycles. The highest BCUT2D eigenvalue weighted by atomic mass is 35.5. The fourth-order valence-electron chi connectivity index (χ4n) is 3.81. The first kappa shape index (κ1) is 19.8. The number of likely N-dealkylation sites (tertiary alicyclic amines) is 1. The van der Waals surface area contributed by atoms with E-state index >= 15 is 0 Å². The molecule has 3 aromatic rings. The van der Waals surface area contributed by atoms with Crippen molar-refractivity contribution in [2.45, 2.75) is 25.3 Å². The van der Waals surface area contributed by atoms with Gasteiger partial charge in [0.2, 0.25) is 5.91 Å². The zero-order valence-electron chi connectivity index (χ0n) is 16.3. The van der Waals surface area contributed by atoms with Crippen molar-refractivity contribution in [2.24, 2.45) is 0 Å². The van der Waals surface area contributed by atoms with Crippen LogP contribution in [-0.2, 0) is 11.3 Å². The molecule has 0 bridgehead atoms. The van der Waals surface area contributed by atoms with E-state index in [2.05, 4.69) is 15.1 Å². The lowest BCUT2D eigenvalue weighted by molar-refractivity contribution is -0.131. The first-order valence-corrected chi connectivity index (χ1v) is 10.1. The zero-order valence-corrected chi connectivity index (χ0v) is 17.0. The number of piperidine rings is 1. The lowest BCUT2D eigenvalue weighted by Gasteiger charge is -2.31. The highest BCUT2D eigenvalue weighted by Crippen LogP contribution is 2.27. The minimum absolute atomic E-state index is 0.0457. The number of pyridine rings is 1.